The van der Waals surface area contributed by atoms with E-state index in [1.807, 2.05) is 0 Å². The number of nitrogens with zero attached hydrogens (tertiary/aromatic N) is 3. The zero-order valence-corrected chi connectivity index (χ0v) is 16.2. The van der Waals surface area contributed by atoms with Crippen molar-refractivity contribution in [3.8, 4) is 11.5 Å². The molecule has 8 nitrogen and oxygen atoms in total. The van der Waals surface area contributed by atoms with Crippen LogP contribution in [0.4, 0.5) is 5.69 Å². The molecule has 0 saturated heterocycles. The summed E-state index contributed by atoms with van der Waals surface area (Å²) in [4.78, 5) is 14.5. The molecule has 0 N–H and O–H groups in total. The molecule has 0 aliphatic heterocycles. The van der Waals surface area contributed by atoms with Gasteiger partial charge >= 0.3 is 5.69 Å². The number of rotatable bonds is 5. The van der Waals surface area contributed by atoms with Gasteiger partial charge in [-0.15, -0.1) is 0 Å². The lowest BCUT2D eigenvalue weighted by molar-refractivity contribution is -0.385. The molecule has 146 valence electrons. The van der Waals surface area contributed by atoms with E-state index in [2.05, 4.69) is 4.98 Å². The van der Waals surface area contributed by atoms with Crippen LogP contribution in [-0.2, 0) is 10.0 Å². The highest BCUT2D eigenvalue weighted by atomic mass is 35.5. The maximum absolute atomic E-state index is 12.9. The lowest BCUT2D eigenvalue weighted by atomic mass is 10.2. The van der Waals surface area contributed by atoms with Gasteiger partial charge in [-0.1, -0.05) is 11.6 Å². The van der Waals surface area contributed by atoms with Gasteiger partial charge in [0.2, 0.25) is 5.75 Å². The maximum atomic E-state index is 12.9. The number of pyridine rings is 1. The number of nitro groups is 1. The molecule has 4 rings (SSSR count). The highest BCUT2D eigenvalue weighted by molar-refractivity contribution is 7.90. The number of ether oxygens (including phenoxy) is 1. The molecule has 0 fully saturated rings. The number of hydrogen-bond donors (Lipinski definition) is 0. The van der Waals surface area contributed by atoms with Gasteiger partial charge in [0.25, 0.3) is 10.0 Å². The first-order chi connectivity index (χ1) is 13.9. The van der Waals surface area contributed by atoms with Crippen molar-refractivity contribution in [2.45, 2.75) is 4.90 Å². The van der Waals surface area contributed by atoms with Crippen LogP contribution in [0.2, 0.25) is 5.02 Å². The van der Waals surface area contributed by atoms with Crippen LogP contribution >= 0.6 is 11.6 Å². The van der Waals surface area contributed by atoms with Gasteiger partial charge in [0.1, 0.15) is 10.6 Å². The molecule has 0 saturated carbocycles. The van der Waals surface area contributed by atoms with Crippen LogP contribution < -0.4 is 4.74 Å². The summed E-state index contributed by atoms with van der Waals surface area (Å²) in [5, 5.41) is 12.2. The molecule has 0 radical (unpaired) electrons. The van der Waals surface area contributed by atoms with Crippen molar-refractivity contribution >= 4 is 38.2 Å². The SMILES string of the molecule is O=[N+]([O-])c1ccc(Cl)cc1Oc1ccc2ccn(S(=O)(=O)c3cccnc3)c2c1. The molecule has 0 unspecified atom stereocenters. The average molecular weight is 430 g/mol. The number of aromatic nitrogens is 2. The molecular formula is C19H12ClN3O5S. The zero-order valence-electron chi connectivity index (χ0n) is 14.6. The van der Waals surface area contributed by atoms with Crippen molar-refractivity contribution in [1.82, 2.24) is 8.96 Å². The molecule has 0 amide bonds. The molecular weight excluding hydrogens is 418 g/mol. The first-order valence-corrected chi connectivity index (χ1v) is 10.1. The van der Waals surface area contributed by atoms with Crippen LogP contribution in [0.5, 0.6) is 11.5 Å². The van der Waals surface area contributed by atoms with Gasteiger partial charge in [0.05, 0.1) is 10.4 Å². The van der Waals surface area contributed by atoms with Gasteiger partial charge in [-0.3, -0.25) is 15.1 Å². The quantitative estimate of drug-likeness (QED) is 0.338. The molecule has 0 spiro atoms. The summed E-state index contributed by atoms with van der Waals surface area (Å²) in [6.45, 7) is 0. The molecule has 4 aromatic rings. The van der Waals surface area contributed by atoms with Crippen molar-refractivity contribution in [3.05, 3.63) is 88.3 Å². The summed E-state index contributed by atoms with van der Waals surface area (Å²) in [5.74, 6) is 0.180. The second-order valence-corrected chi connectivity index (χ2v) is 8.25. The molecule has 0 aliphatic carbocycles. The molecule has 0 atom stereocenters. The van der Waals surface area contributed by atoms with Crippen molar-refractivity contribution in [2.75, 3.05) is 0 Å². The summed E-state index contributed by atoms with van der Waals surface area (Å²) in [6, 6.07) is 13.3. The number of benzene rings is 2. The molecule has 2 heterocycles. The Balaban J connectivity index is 1.80. The normalized spacial score (nSPS) is 11.5. The predicted molar refractivity (Wildman–Crippen MR) is 107 cm³/mol. The summed E-state index contributed by atoms with van der Waals surface area (Å²) in [5.41, 5.74) is 0.101. The van der Waals surface area contributed by atoms with Crippen molar-refractivity contribution in [1.29, 1.82) is 0 Å². The third-order valence-corrected chi connectivity index (χ3v) is 6.08. The van der Waals surface area contributed by atoms with Crippen LogP contribution in [0.15, 0.2) is 78.1 Å². The van der Waals surface area contributed by atoms with Crippen molar-refractivity contribution in [3.63, 3.8) is 0 Å². The molecule has 10 heteroatoms. The minimum Gasteiger partial charge on any atom is -0.450 e. The average Bonchev–Trinajstić information content (AvgIpc) is 3.12. The van der Waals surface area contributed by atoms with Gasteiger partial charge in [-0.25, -0.2) is 12.4 Å². The lowest BCUT2D eigenvalue weighted by Gasteiger charge is -2.10. The molecule has 29 heavy (non-hydrogen) atoms. The highest BCUT2D eigenvalue weighted by Crippen LogP contribution is 2.35. The van der Waals surface area contributed by atoms with Crippen molar-refractivity contribution in [2.24, 2.45) is 0 Å². The largest absolute Gasteiger partial charge is 0.450 e. The Bertz CT molecular complexity index is 1340. The second kappa shape index (κ2) is 7.19. The van der Waals surface area contributed by atoms with E-state index in [1.165, 1.54) is 55.0 Å². The summed E-state index contributed by atoms with van der Waals surface area (Å²) in [7, 11) is -3.87. The Hall–Kier alpha value is -3.43. The Morgan fingerprint density at radius 1 is 1.10 bits per heavy atom. The number of fused-ring (bicyclic) bond motifs is 1. The number of nitro benzene ring substituents is 1. The standard InChI is InChI=1S/C19H12ClN3O5S/c20-14-4-6-17(23(24)25)19(10-14)28-15-5-3-13-7-9-22(18(13)11-15)29(26,27)16-2-1-8-21-12-16/h1-12H. The minimum atomic E-state index is -3.87. The van der Waals surface area contributed by atoms with Gasteiger partial charge in [-0.2, -0.15) is 0 Å². The van der Waals surface area contributed by atoms with Crippen LogP contribution in [0, 0.1) is 10.1 Å². The van der Waals surface area contributed by atoms with Gasteiger partial charge in [0, 0.05) is 47.2 Å². The Morgan fingerprint density at radius 2 is 1.93 bits per heavy atom. The van der Waals surface area contributed by atoms with E-state index in [0.29, 0.717) is 10.9 Å². The smallest absolute Gasteiger partial charge is 0.311 e. The third-order valence-electron chi connectivity index (χ3n) is 4.17. The van der Waals surface area contributed by atoms with Gasteiger partial charge < -0.3 is 4.74 Å². The summed E-state index contributed by atoms with van der Waals surface area (Å²) < 4.78 is 32.6. The molecule has 0 aliphatic rings. The van der Waals surface area contributed by atoms with Crippen molar-refractivity contribution < 1.29 is 18.1 Å². The molecule has 2 aromatic carbocycles. The lowest BCUT2D eigenvalue weighted by Crippen LogP contribution is -2.11. The van der Waals surface area contributed by atoms with E-state index in [0.717, 1.165) is 3.97 Å². The van der Waals surface area contributed by atoms with E-state index in [1.54, 1.807) is 18.2 Å². The first-order valence-electron chi connectivity index (χ1n) is 8.25. The fourth-order valence-electron chi connectivity index (χ4n) is 2.82. The fourth-order valence-corrected chi connectivity index (χ4v) is 4.29. The van der Waals surface area contributed by atoms with E-state index in [9.17, 15) is 18.5 Å². The van der Waals surface area contributed by atoms with E-state index < -0.39 is 14.9 Å². The van der Waals surface area contributed by atoms with Gasteiger partial charge in [0.15, 0.2) is 0 Å². The van der Waals surface area contributed by atoms with E-state index in [4.69, 9.17) is 16.3 Å². The monoisotopic (exact) mass is 429 g/mol. The van der Waals surface area contributed by atoms with Crippen LogP contribution in [0.1, 0.15) is 0 Å². The van der Waals surface area contributed by atoms with Crippen LogP contribution in [0.25, 0.3) is 10.9 Å². The predicted octanol–water partition coefficient (Wildman–Crippen LogP) is 4.63. The topological polar surface area (TPSA) is 104 Å². The third kappa shape index (κ3) is 3.53. The van der Waals surface area contributed by atoms with Crippen LogP contribution in [0.3, 0.4) is 0 Å². The molecule has 0 bridgehead atoms. The Kier molecular flexibility index (Phi) is 4.69. The molecule has 2 aromatic heterocycles. The second-order valence-electron chi connectivity index (χ2n) is 6.00. The Morgan fingerprint density at radius 3 is 2.66 bits per heavy atom. The first kappa shape index (κ1) is 18.9. The minimum absolute atomic E-state index is 0.0364. The summed E-state index contributed by atoms with van der Waals surface area (Å²) >= 11 is 5.93. The van der Waals surface area contributed by atoms with E-state index >= 15 is 0 Å². The van der Waals surface area contributed by atoms with Crippen LogP contribution in [-0.4, -0.2) is 22.3 Å². The summed E-state index contributed by atoms with van der Waals surface area (Å²) in [6.07, 6.45) is 4.17. The Labute approximate surface area is 170 Å². The van der Waals surface area contributed by atoms with Gasteiger partial charge in [-0.05, 0) is 36.4 Å². The highest BCUT2D eigenvalue weighted by Gasteiger charge is 2.20. The van der Waals surface area contributed by atoms with E-state index in [-0.39, 0.29) is 27.1 Å². The number of hydrogen-bond acceptors (Lipinski definition) is 6. The fraction of sp³-hybridized carbons (Fsp3) is 0. The number of halogens is 1. The maximum Gasteiger partial charge on any atom is 0.311 e. The zero-order chi connectivity index (χ0) is 20.6.